The lowest BCUT2D eigenvalue weighted by Gasteiger charge is -2.29. The molecule has 0 radical (unpaired) electrons. The normalized spacial score (nSPS) is 16.4. The van der Waals surface area contributed by atoms with Crippen LogP contribution in [0.25, 0.3) is 10.9 Å². The molecule has 0 aliphatic carbocycles. The van der Waals surface area contributed by atoms with Crippen LogP contribution in [0.5, 0.6) is 0 Å². The summed E-state index contributed by atoms with van der Waals surface area (Å²) in [5.74, 6) is 0. The molecule has 2 heterocycles. The minimum Gasteiger partial charge on any atom is -0.397 e. The van der Waals surface area contributed by atoms with Gasteiger partial charge in [-0.05, 0) is 32.4 Å². The van der Waals surface area contributed by atoms with Gasteiger partial charge in [0.05, 0.1) is 35.7 Å². The highest BCUT2D eigenvalue weighted by molar-refractivity contribution is 5.89. The van der Waals surface area contributed by atoms with Crippen molar-refractivity contribution in [2.45, 2.75) is 32.4 Å². The molecule has 1 aromatic carbocycles. The molecular formula is C16H24N4O2. The van der Waals surface area contributed by atoms with Gasteiger partial charge in [0.25, 0.3) is 0 Å². The van der Waals surface area contributed by atoms with Crippen molar-refractivity contribution in [1.29, 1.82) is 0 Å². The highest BCUT2D eigenvalue weighted by Gasteiger charge is 2.16. The summed E-state index contributed by atoms with van der Waals surface area (Å²) in [5, 5.41) is 15.5. The maximum Gasteiger partial charge on any atom is 0.0945 e. The highest BCUT2D eigenvalue weighted by Crippen LogP contribution is 2.29. The number of morpholine rings is 1. The van der Waals surface area contributed by atoms with Crippen molar-refractivity contribution in [3.8, 4) is 0 Å². The first-order valence-electron chi connectivity index (χ1n) is 7.74. The number of aliphatic hydroxyl groups is 1. The van der Waals surface area contributed by atoms with Gasteiger partial charge < -0.3 is 20.5 Å². The Morgan fingerprint density at radius 3 is 2.73 bits per heavy atom. The number of rotatable bonds is 4. The molecule has 2 aromatic rings. The van der Waals surface area contributed by atoms with E-state index < -0.39 is 5.60 Å². The molecule has 6 heteroatoms. The van der Waals surface area contributed by atoms with Crippen LogP contribution in [0.1, 0.15) is 20.3 Å². The number of aryl methyl sites for hydroxylation is 1. The molecule has 0 unspecified atom stereocenters. The van der Waals surface area contributed by atoms with Gasteiger partial charge in [0.1, 0.15) is 0 Å². The van der Waals surface area contributed by atoms with Crippen LogP contribution in [0, 0.1) is 0 Å². The van der Waals surface area contributed by atoms with Crippen molar-refractivity contribution in [2.75, 3.05) is 36.9 Å². The van der Waals surface area contributed by atoms with Crippen LogP contribution in [-0.4, -0.2) is 46.8 Å². The van der Waals surface area contributed by atoms with Crippen molar-refractivity contribution in [1.82, 2.24) is 9.78 Å². The molecule has 3 rings (SSSR count). The quantitative estimate of drug-likeness (QED) is 0.839. The van der Waals surface area contributed by atoms with Crippen molar-refractivity contribution in [2.24, 2.45) is 0 Å². The van der Waals surface area contributed by atoms with Gasteiger partial charge in [0, 0.05) is 31.2 Å². The smallest absolute Gasteiger partial charge is 0.0945 e. The van der Waals surface area contributed by atoms with Gasteiger partial charge in [0.15, 0.2) is 0 Å². The van der Waals surface area contributed by atoms with Gasteiger partial charge in [0.2, 0.25) is 0 Å². The van der Waals surface area contributed by atoms with Crippen LogP contribution in [0.2, 0.25) is 0 Å². The SMILES string of the molecule is CC(C)(O)CCn1cc2cc(N)c(N3CCOCC3)cc2n1. The fraction of sp³-hybridized carbons (Fsp3) is 0.562. The number of nitrogens with zero attached hydrogens (tertiary/aromatic N) is 3. The second-order valence-electron chi connectivity index (χ2n) is 6.52. The fourth-order valence-electron chi connectivity index (χ4n) is 2.71. The van der Waals surface area contributed by atoms with Crippen molar-refractivity contribution in [3.63, 3.8) is 0 Å². The Bertz CT molecular complexity index is 654. The minimum atomic E-state index is -0.684. The van der Waals surface area contributed by atoms with Gasteiger partial charge >= 0.3 is 0 Å². The molecule has 1 fully saturated rings. The standard InChI is InChI=1S/C16H24N4O2/c1-16(2,21)3-4-20-11-12-9-13(17)15(10-14(12)18-20)19-5-7-22-8-6-19/h9-11,21H,3-8,17H2,1-2H3. The third-order valence-corrected chi connectivity index (χ3v) is 4.00. The van der Waals surface area contributed by atoms with E-state index in [1.54, 1.807) is 0 Å². The maximum absolute atomic E-state index is 9.83. The summed E-state index contributed by atoms with van der Waals surface area (Å²) in [5.41, 5.74) is 8.27. The molecule has 0 amide bonds. The number of nitrogen functional groups attached to an aromatic ring is 1. The van der Waals surface area contributed by atoms with Gasteiger partial charge in [-0.15, -0.1) is 0 Å². The lowest BCUT2D eigenvalue weighted by Crippen LogP contribution is -2.36. The number of ether oxygens (including phenoxy) is 1. The second-order valence-corrected chi connectivity index (χ2v) is 6.52. The first-order chi connectivity index (χ1) is 10.4. The van der Waals surface area contributed by atoms with Crippen LogP contribution < -0.4 is 10.6 Å². The Labute approximate surface area is 130 Å². The van der Waals surface area contributed by atoms with Gasteiger partial charge in [-0.1, -0.05) is 0 Å². The van der Waals surface area contributed by atoms with Crippen LogP contribution in [0.4, 0.5) is 11.4 Å². The molecule has 1 aromatic heterocycles. The van der Waals surface area contributed by atoms with E-state index in [-0.39, 0.29) is 0 Å². The molecule has 0 atom stereocenters. The maximum atomic E-state index is 9.83. The van der Waals surface area contributed by atoms with E-state index >= 15 is 0 Å². The minimum absolute atomic E-state index is 0.660. The number of nitrogens with two attached hydrogens (primary N) is 1. The van der Waals surface area contributed by atoms with Crippen LogP contribution in [0.3, 0.4) is 0 Å². The molecule has 0 spiro atoms. The van der Waals surface area contributed by atoms with E-state index in [0.717, 1.165) is 48.6 Å². The predicted octanol–water partition coefficient (Wildman–Crippen LogP) is 1.62. The van der Waals surface area contributed by atoms with Crippen molar-refractivity contribution < 1.29 is 9.84 Å². The zero-order valence-electron chi connectivity index (χ0n) is 13.2. The third-order valence-electron chi connectivity index (χ3n) is 4.00. The number of benzene rings is 1. The Morgan fingerprint density at radius 2 is 2.05 bits per heavy atom. The van der Waals surface area contributed by atoms with Gasteiger partial charge in [-0.25, -0.2) is 0 Å². The lowest BCUT2D eigenvalue weighted by molar-refractivity contribution is 0.0651. The molecule has 1 saturated heterocycles. The number of fused-ring (bicyclic) bond motifs is 1. The Hall–Kier alpha value is -1.79. The van der Waals surface area contributed by atoms with Crippen molar-refractivity contribution >= 4 is 22.3 Å². The summed E-state index contributed by atoms with van der Waals surface area (Å²) < 4.78 is 7.27. The molecule has 6 nitrogen and oxygen atoms in total. The van der Waals surface area contributed by atoms with E-state index in [1.807, 2.05) is 30.8 Å². The summed E-state index contributed by atoms with van der Waals surface area (Å²) in [6.45, 7) is 7.49. The zero-order chi connectivity index (χ0) is 15.7. The first kappa shape index (κ1) is 15.1. The summed E-state index contributed by atoms with van der Waals surface area (Å²) in [6, 6.07) is 4.03. The Morgan fingerprint density at radius 1 is 1.32 bits per heavy atom. The van der Waals surface area contributed by atoms with Gasteiger partial charge in [-0.2, -0.15) is 5.10 Å². The Balaban J connectivity index is 1.85. The molecule has 1 aliphatic rings. The summed E-state index contributed by atoms with van der Waals surface area (Å²) in [6.07, 6.45) is 2.65. The van der Waals surface area contributed by atoms with Gasteiger partial charge in [-0.3, -0.25) is 4.68 Å². The predicted molar refractivity (Wildman–Crippen MR) is 88.1 cm³/mol. The largest absolute Gasteiger partial charge is 0.397 e. The molecule has 3 N–H and O–H groups in total. The lowest BCUT2D eigenvalue weighted by atomic mass is 10.1. The van der Waals surface area contributed by atoms with E-state index in [0.29, 0.717) is 13.0 Å². The number of hydrogen-bond donors (Lipinski definition) is 2. The molecule has 1 aliphatic heterocycles. The number of aromatic nitrogens is 2. The molecule has 120 valence electrons. The van der Waals surface area contributed by atoms with E-state index in [1.165, 1.54) is 0 Å². The molecule has 22 heavy (non-hydrogen) atoms. The molecular weight excluding hydrogens is 280 g/mol. The zero-order valence-corrected chi connectivity index (χ0v) is 13.2. The van der Waals surface area contributed by atoms with E-state index in [9.17, 15) is 5.11 Å². The Kier molecular flexibility index (Phi) is 3.97. The fourth-order valence-corrected chi connectivity index (χ4v) is 2.71. The topological polar surface area (TPSA) is 76.5 Å². The second kappa shape index (κ2) is 5.78. The van der Waals surface area contributed by atoms with E-state index in [2.05, 4.69) is 16.1 Å². The average Bonchev–Trinajstić information content (AvgIpc) is 2.86. The molecule has 0 bridgehead atoms. The summed E-state index contributed by atoms with van der Waals surface area (Å²) in [4.78, 5) is 2.24. The molecule has 0 saturated carbocycles. The monoisotopic (exact) mass is 304 g/mol. The van der Waals surface area contributed by atoms with Crippen molar-refractivity contribution in [3.05, 3.63) is 18.3 Å². The number of hydrogen-bond acceptors (Lipinski definition) is 5. The van der Waals surface area contributed by atoms with E-state index in [4.69, 9.17) is 10.5 Å². The van der Waals surface area contributed by atoms with Crippen LogP contribution in [0.15, 0.2) is 18.3 Å². The summed E-state index contributed by atoms with van der Waals surface area (Å²) in [7, 11) is 0. The third kappa shape index (κ3) is 3.34. The first-order valence-corrected chi connectivity index (χ1v) is 7.74. The van der Waals surface area contributed by atoms with Crippen LogP contribution >= 0.6 is 0 Å². The highest BCUT2D eigenvalue weighted by atomic mass is 16.5. The van der Waals surface area contributed by atoms with Crippen LogP contribution in [-0.2, 0) is 11.3 Å². The average molecular weight is 304 g/mol. The number of anilines is 2. The summed E-state index contributed by atoms with van der Waals surface area (Å²) >= 11 is 0.